The Morgan fingerprint density at radius 2 is 2.17 bits per heavy atom. The summed E-state index contributed by atoms with van der Waals surface area (Å²) in [5.74, 6) is -1.53. The first-order valence-corrected chi connectivity index (χ1v) is 5.99. The molecule has 0 N–H and O–H groups in total. The van der Waals surface area contributed by atoms with E-state index in [0.717, 1.165) is 12.8 Å². The lowest BCUT2D eigenvalue weighted by Crippen LogP contribution is -2.29. The van der Waals surface area contributed by atoms with E-state index < -0.39 is 5.92 Å². The van der Waals surface area contributed by atoms with Gasteiger partial charge in [0, 0.05) is 12.5 Å². The molecule has 2 atom stereocenters. The lowest BCUT2D eigenvalue weighted by Gasteiger charge is -2.22. The van der Waals surface area contributed by atoms with Crippen LogP contribution in [0.4, 0.5) is 4.39 Å². The third kappa shape index (κ3) is 2.74. The third-order valence-electron chi connectivity index (χ3n) is 3.18. The Balaban J connectivity index is 2.15. The van der Waals surface area contributed by atoms with Gasteiger partial charge in [0.15, 0.2) is 5.78 Å². The minimum atomic E-state index is -0.822. The Morgan fingerprint density at radius 1 is 1.44 bits per heavy atom. The number of halogens is 1. The maximum atomic E-state index is 12.8. The van der Waals surface area contributed by atoms with Gasteiger partial charge in [-0.1, -0.05) is 12.1 Å². The zero-order chi connectivity index (χ0) is 13.0. The summed E-state index contributed by atoms with van der Waals surface area (Å²) in [6.07, 6.45) is 1.61. The molecule has 1 heterocycles. The molecule has 0 aromatic heterocycles. The highest BCUT2D eigenvalue weighted by atomic mass is 19.1. The molecule has 0 spiro atoms. The van der Waals surface area contributed by atoms with Gasteiger partial charge in [0.05, 0.1) is 12.7 Å². The molecule has 1 aliphatic heterocycles. The zero-order valence-electron chi connectivity index (χ0n) is 9.93. The van der Waals surface area contributed by atoms with Gasteiger partial charge in [0.2, 0.25) is 0 Å². The van der Waals surface area contributed by atoms with Crippen LogP contribution in [0.15, 0.2) is 24.3 Å². The first-order chi connectivity index (χ1) is 8.72. The van der Waals surface area contributed by atoms with E-state index >= 15 is 0 Å². The Hall–Kier alpha value is -1.73. The fourth-order valence-corrected chi connectivity index (χ4v) is 2.16. The SMILES string of the molecule is N#CC(C(=O)C1CCCOC1)c1ccc(F)cc1. The van der Waals surface area contributed by atoms with Crippen LogP contribution in [0.2, 0.25) is 0 Å². The molecule has 0 radical (unpaired) electrons. The van der Waals surface area contributed by atoms with Gasteiger partial charge in [0.25, 0.3) is 0 Å². The summed E-state index contributed by atoms with van der Waals surface area (Å²) < 4.78 is 18.1. The number of ketones is 1. The largest absolute Gasteiger partial charge is 0.381 e. The highest BCUT2D eigenvalue weighted by Crippen LogP contribution is 2.25. The highest BCUT2D eigenvalue weighted by Gasteiger charge is 2.29. The van der Waals surface area contributed by atoms with Crippen LogP contribution >= 0.6 is 0 Å². The van der Waals surface area contributed by atoms with E-state index in [9.17, 15) is 9.18 Å². The second kappa shape index (κ2) is 5.74. The van der Waals surface area contributed by atoms with Gasteiger partial charge in [-0.05, 0) is 30.5 Å². The van der Waals surface area contributed by atoms with Gasteiger partial charge in [0.1, 0.15) is 11.7 Å². The monoisotopic (exact) mass is 247 g/mol. The molecule has 1 aromatic carbocycles. The summed E-state index contributed by atoms with van der Waals surface area (Å²) in [6.45, 7) is 1.07. The molecule has 1 aromatic rings. The number of benzene rings is 1. The van der Waals surface area contributed by atoms with Crippen molar-refractivity contribution in [1.29, 1.82) is 5.26 Å². The smallest absolute Gasteiger partial charge is 0.159 e. The van der Waals surface area contributed by atoms with Crippen LogP contribution < -0.4 is 0 Å². The van der Waals surface area contributed by atoms with Gasteiger partial charge in [-0.2, -0.15) is 5.26 Å². The minimum absolute atomic E-state index is 0.121. The van der Waals surface area contributed by atoms with Crippen LogP contribution in [0.3, 0.4) is 0 Å². The number of carbonyl (C=O) groups excluding carboxylic acids is 1. The van der Waals surface area contributed by atoms with Crippen molar-refractivity contribution < 1.29 is 13.9 Å². The number of rotatable bonds is 3. The van der Waals surface area contributed by atoms with Crippen molar-refractivity contribution in [2.75, 3.05) is 13.2 Å². The van der Waals surface area contributed by atoms with Crippen molar-refractivity contribution in [2.24, 2.45) is 5.92 Å². The first kappa shape index (κ1) is 12.7. The number of hydrogen-bond donors (Lipinski definition) is 0. The first-order valence-electron chi connectivity index (χ1n) is 5.99. The molecule has 1 aliphatic rings. The van der Waals surface area contributed by atoms with Gasteiger partial charge in [-0.3, -0.25) is 4.79 Å². The average Bonchev–Trinajstić information content (AvgIpc) is 2.42. The zero-order valence-corrected chi connectivity index (χ0v) is 9.93. The van der Waals surface area contributed by atoms with Crippen LogP contribution in [0.25, 0.3) is 0 Å². The predicted molar refractivity (Wildman–Crippen MR) is 63.3 cm³/mol. The molecule has 0 saturated carbocycles. The fraction of sp³-hybridized carbons (Fsp3) is 0.429. The van der Waals surface area contributed by atoms with Crippen LogP contribution in [0.5, 0.6) is 0 Å². The van der Waals surface area contributed by atoms with Gasteiger partial charge < -0.3 is 4.74 Å². The quantitative estimate of drug-likeness (QED) is 0.824. The van der Waals surface area contributed by atoms with E-state index in [-0.39, 0.29) is 17.5 Å². The fourth-order valence-electron chi connectivity index (χ4n) is 2.16. The van der Waals surface area contributed by atoms with Crippen LogP contribution in [-0.2, 0) is 9.53 Å². The van der Waals surface area contributed by atoms with Crippen molar-refractivity contribution in [3.63, 3.8) is 0 Å². The number of hydrogen-bond acceptors (Lipinski definition) is 3. The minimum Gasteiger partial charge on any atom is -0.381 e. The van der Waals surface area contributed by atoms with Crippen molar-refractivity contribution in [1.82, 2.24) is 0 Å². The molecular formula is C14H14FNO2. The van der Waals surface area contributed by atoms with E-state index in [0.29, 0.717) is 18.8 Å². The van der Waals surface area contributed by atoms with E-state index in [1.165, 1.54) is 24.3 Å². The van der Waals surface area contributed by atoms with E-state index in [1.807, 2.05) is 6.07 Å². The number of ether oxygens (including phenoxy) is 1. The summed E-state index contributed by atoms with van der Waals surface area (Å²) in [4.78, 5) is 12.2. The standard InChI is InChI=1S/C14H14FNO2/c15-12-5-3-10(4-6-12)13(8-16)14(17)11-2-1-7-18-9-11/h3-6,11,13H,1-2,7,9H2. The van der Waals surface area contributed by atoms with E-state index in [4.69, 9.17) is 10.00 Å². The average molecular weight is 247 g/mol. The Kier molecular flexibility index (Phi) is 4.06. The summed E-state index contributed by atoms with van der Waals surface area (Å²) in [5.41, 5.74) is 0.550. The van der Waals surface area contributed by atoms with Crippen molar-refractivity contribution in [3.05, 3.63) is 35.6 Å². The molecule has 1 saturated heterocycles. The van der Waals surface area contributed by atoms with Crippen molar-refractivity contribution in [2.45, 2.75) is 18.8 Å². The number of Topliss-reactive ketones (excluding diaryl/α,β-unsaturated/α-hetero) is 1. The lowest BCUT2D eigenvalue weighted by molar-refractivity contribution is -0.127. The molecule has 4 heteroatoms. The number of carbonyl (C=O) groups is 1. The number of nitrogens with zero attached hydrogens (tertiary/aromatic N) is 1. The Labute approximate surface area is 105 Å². The molecule has 2 unspecified atom stereocenters. The molecule has 2 rings (SSSR count). The summed E-state index contributed by atoms with van der Waals surface area (Å²) in [7, 11) is 0. The van der Waals surface area contributed by atoms with Crippen molar-refractivity contribution >= 4 is 5.78 Å². The van der Waals surface area contributed by atoms with Crippen molar-refractivity contribution in [3.8, 4) is 6.07 Å². The van der Waals surface area contributed by atoms with Crippen LogP contribution in [0.1, 0.15) is 24.3 Å². The maximum Gasteiger partial charge on any atom is 0.159 e. The Morgan fingerprint density at radius 3 is 2.72 bits per heavy atom. The predicted octanol–water partition coefficient (Wildman–Crippen LogP) is 2.43. The molecule has 94 valence electrons. The second-order valence-corrected chi connectivity index (χ2v) is 4.43. The molecule has 3 nitrogen and oxygen atoms in total. The summed E-state index contributed by atoms with van der Waals surface area (Å²) in [6, 6.07) is 7.53. The molecular weight excluding hydrogens is 233 g/mol. The molecule has 1 fully saturated rings. The normalized spacial score (nSPS) is 21.0. The van der Waals surface area contributed by atoms with Gasteiger partial charge in [-0.15, -0.1) is 0 Å². The highest BCUT2D eigenvalue weighted by molar-refractivity contribution is 5.90. The second-order valence-electron chi connectivity index (χ2n) is 4.43. The molecule has 0 bridgehead atoms. The third-order valence-corrected chi connectivity index (χ3v) is 3.18. The van der Waals surface area contributed by atoms with Gasteiger partial charge >= 0.3 is 0 Å². The lowest BCUT2D eigenvalue weighted by atomic mass is 9.85. The summed E-state index contributed by atoms with van der Waals surface area (Å²) in [5, 5.41) is 9.14. The maximum absolute atomic E-state index is 12.8. The topological polar surface area (TPSA) is 50.1 Å². The summed E-state index contributed by atoms with van der Waals surface area (Å²) >= 11 is 0. The molecule has 18 heavy (non-hydrogen) atoms. The van der Waals surface area contributed by atoms with Crippen LogP contribution in [-0.4, -0.2) is 19.0 Å². The molecule has 0 aliphatic carbocycles. The van der Waals surface area contributed by atoms with E-state index in [2.05, 4.69) is 0 Å². The Bertz CT molecular complexity index is 458. The van der Waals surface area contributed by atoms with Gasteiger partial charge in [-0.25, -0.2) is 4.39 Å². The van der Waals surface area contributed by atoms with E-state index in [1.54, 1.807) is 0 Å². The molecule has 0 amide bonds. The van der Waals surface area contributed by atoms with Crippen LogP contribution in [0, 0.1) is 23.1 Å². The number of nitriles is 1.